The molecular formula is C24H25ClF3N7O2. The van der Waals surface area contributed by atoms with Crippen LogP contribution in [-0.2, 0) is 13.2 Å². The van der Waals surface area contributed by atoms with Crippen LogP contribution in [0.25, 0.3) is 11.3 Å². The number of hydrogen-bond donors (Lipinski definition) is 3. The number of hydrogen-bond acceptors (Lipinski definition) is 5. The lowest BCUT2D eigenvalue weighted by Gasteiger charge is -2.33. The smallest absolute Gasteiger partial charge is 0.349 e. The van der Waals surface area contributed by atoms with Crippen LogP contribution in [0, 0.1) is 0 Å². The first-order valence-electron chi connectivity index (χ1n) is 11.9. The number of alkyl halides is 3. The highest BCUT2D eigenvalue weighted by atomic mass is 35.5. The highest BCUT2D eigenvalue weighted by molar-refractivity contribution is 6.34. The molecule has 3 aromatic rings. The fraction of sp³-hybridized carbons (Fsp3) is 0.417. The van der Waals surface area contributed by atoms with Crippen LogP contribution in [0.2, 0.25) is 5.02 Å². The summed E-state index contributed by atoms with van der Waals surface area (Å²) < 4.78 is 43.8. The Hall–Kier alpha value is -3.38. The Labute approximate surface area is 215 Å². The van der Waals surface area contributed by atoms with Gasteiger partial charge in [-0.15, -0.1) is 0 Å². The van der Waals surface area contributed by atoms with Crippen LogP contribution >= 0.6 is 11.6 Å². The van der Waals surface area contributed by atoms with Gasteiger partial charge < -0.3 is 20.9 Å². The number of nitrogens with zero attached hydrogens (tertiary/aromatic N) is 4. The van der Waals surface area contributed by atoms with E-state index in [0.717, 1.165) is 19.3 Å². The molecule has 0 atom stereocenters. The maximum absolute atomic E-state index is 13.7. The first kappa shape index (κ1) is 25.3. The Kier molecular flexibility index (Phi) is 6.48. The van der Waals surface area contributed by atoms with Crippen LogP contribution in [0.3, 0.4) is 0 Å². The summed E-state index contributed by atoms with van der Waals surface area (Å²) in [5.74, 6) is -1.08. The van der Waals surface area contributed by atoms with E-state index in [4.69, 9.17) is 17.3 Å². The molecular weight excluding hydrogens is 511 g/mol. The molecule has 2 amide bonds. The Morgan fingerprint density at radius 2 is 1.92 bits per heavy atom. The molecule has 2 heterocycles. The van der Waals surface area contributed by atoms with E-state index in [-0.39, 0.29) is 51.7 Å². The average Bonchev–Trinajstić information content (AvgIpc) is 3.35. The Balaban J connectivity index is 1.33. The summed E-state index contributed by atoms with van der Waals surface area (Å²) in [6.45, 7) is 0. The minimum Gasteiger partial charge on any atom is -0.349 e. The van der Waals surface area contributed by atoms with E-state index in [0.29, 0.717) is 18.5 Å². The van der Waals surface area contributed by atoms with Crippen molar-refractivity contribution >= 4 is 29.1 Å². The second-order valence-corrected chi connectivity index (χ2v) is 9.94. The van der Waals surface area contributed by atoms with Crippen molar-refractivity contribution in [3.05, 3.63) is 52.7 Å². The Morgan fingerprint density at radius 3 is 2.51 bits per heavy atom. The van der Waals surface area contributed by atoms with E-state index in [2.05, 4.69) is 20.7 Å². The molecule has 0 saturated heterocycles. The van der Waals surface area contributed by atoms with E-state index >= 15 is 0 Å². The zero-order valence-electron chi connectivity index (χ0n) is 19.8. The number of benzene rings is 1. The average molecular weight is 536 g/mol. The number of nitrogens with one attached hydrogen (secondary N) is 2. The molecule has 196 valence electrons. The van der Waals surface area contributed by atoms with Crippen LogP contribution < -0.4 is 16.4 Å². The van der Waals surface area contributed by atoms with Gasteiger partial charge in [-0.1, -0.05) is 11.6 Å². The summed E-state index contributed by atoms with van der Waals surface area (Å²) in [6.07, 6.45) is 1.83. The van der Waals surface area contributed by atoms with Gasteiger partial charge in [-0.25, -0.2) is 4.98 Å². The van der Waals surface area contributed by atoms with Gasteiger partial charge in [0.1, 0.15) is 0 Å². The molecule has 5 rings (SSSR count). The van der Waals surface area contributed by atoms with Gasteiger partial charge >= 0.3 is 6.18 Å². The summed E-state index contributed by atoms with van der Waals surface area (Å²) in [6, 6.07) is 4.46. The van der Waals surface area contributed by atoms with E-state index in [1.807, 2.05) is 0 Å². The van der Waals surface area contributed by atoms with E-state index in [1.165, 1.54) is 46.9 Å². The van der Waals surface area contributed by atoms with Gasteiger partial charge in [-0.05, 0) is 50.3 Å². The van der Waals surface area contributed by atoms with Gasteiger partial charge in [-0.3, -0.25) is 14.3 Å². The quantitative estimate of drug-likeness (QED) is 0.438. The molecule has 2 aromatic heterocycles. The van der Waals surface area contributed by atoms with Crippen molar-refractivity contribution in [1.82, 2.24) is 24.6 Å². The van der Waals surface area contributed by atoms with Crippen molar-refractivity contribution in [1.29, 1.82) is 0 Å². The van der Waals surface area contributed by atoms with Crippen molar-refractivity contribution in [2.45, 2.75) is 56.4 Å². The van der Waals surface area contributed by atoms with Crippen molar-refractivity contribution in [2.75, 3.05) is 5.32 Å². The molecule has 2 aliphatic carbocycles. The molecule has 9 nitrogen and oxygen atoms in total. The fourth-order valence-electron chi connectivity index (χ4n) is 4.50. The number of nitrogens with two attached hydrogens (primary N) is 1. The van der Waals surface area contributed by atoms with Crippen molar-refractivity contribution in [2.24, 2.45) is 12.8 Å². The number of carbonyl (C=O) groups is 2. The third-order valence-electron chi connectivity index (χ3n) is 6.90. The number of carbonyl (C=O) groups excluding carboxylic acids is 2. The molecule has 0 radical (unpaired) electrons. The second-order valence-electron chi connectivity index (χ2n) is 9.53. The molecule has 0 bridgehead atoms. The number of anilines is 1. The third kappa shape index (κ3) is 4.95. The van der Waals surface area contributed by atoms with Gasteiger partial charge in [0.15, 0.2) is 11.5 Å². The molecule has 1 aromatic carbocycles. The van der Waals surface area contributed by atoms with Crippen LogP contribution in [0.4, 0.5) is 18.9 Å². The lowest BCUT2D eigenvalue weighted by Crippen LogP contribution is -2.50. The van der Waals surface area contributed by atoms with Crippen LogP contribution in [0.15, 0.2) is 30.6 Å². The molecule has 13 heteroatoms. The zero-order valence-corrected chi connectivity index (χ0v) is 20.6. The van der Waals surface area contributed by atoms with Gasteiger partial charge in [0.2, 0.25) is 0 Å². The van der Waals surface area contributed by atoms with E-state index in [9.17, 15) is 22.8 Å². The maximum atomic E-state index is 13.7. The van der Waals surface area contributed by atoms with E-state index in [1.54, 1.807) is 0 Å². The van der Waals surface area contributed by atoms with Gasteiger partial charge in [0.05, 0.1) is 34.1 Å². The Bertz CT molecular complexity index is 1360. The van der Waals surface area contributed by atoms with Gasteiger partial charge in [0.25, 0.3) is 11.8 Å². The summed E-state index contributed by atoms with van der Waals surface area (Å²) in [7, 11) is 1.46. The molecule has 4 N–H and O–H groups in total. The molecule has 37 heavy (non-hydrogen) atoms. The maximum Gasteiger partial charge on any atom is 0.435 e. The lowest BCUT2D eigenvalue weighted by atomic mass is 9.87. The third-order valence-corrected chi connectivity index (χ3v) is 7.21. The highest BCUT2D eigenvalue weighted by Gasteiger charge is 2.39. The van der Waals surface area contributed by atoms with Crippen molar-refractivity contribution < 1.29 is 22.8 Å². The van der Waals surface area contributed by atoms with Crippen LogP contribution in [0.1, 0.15) is 64.8 Å². The molecule has 2 aliphatic rings. The predicted octanol–water partition coefficient (Wildman–Crippen LogP) is 4.15. The molecule has 0 spiro atoms. The normalized spacial score (nSPS) is 19.7. The number of aromatic nitrogens is 4. The summed E-state index contributed by atoms with van der Waals surface area (Å²) in [4.78, 5) is 29.4. The molecule has 2 fully saturated rings. The van der Waals surface area contributed by atoms with Gasteiger partial charge in [-0.2, -0.15) is 18.3 Å². The topological polar surface area (TPSA) is 120 Å². The monoisotopic (exact) mass is 535 g/mol. The number of amides is 2. The summed E-state index contributed by atoms with van der Waals surface area (Å²) in [5, 5.41) is 9.42. The van der Waals surface area contributed by atoms with Crippen LogP contribution in [-0.4, -0.2) is 43.2 Å². The first-order valence-corrected chi connectivity index (χ1v) is 12.2. The number of rotatable bonds is 6. The minimum atomic E-state index is -4.66. The van der Waals surface area contributed by atoms with E-state index < -0.39 is 17.8 Å². The predicted molar refractivity (Wildman–Crippen MR) is 130 cm³/mol. The zero-order chi connectivity index (χ0) is 26.5. The SMILES string of the molecule is Cn1c(-c2cn(C3CCC3)nc2C(F)(F)F)cnc1C(=O)Nc1ccc(C(=O)N[C@H]2C[C@@H](N)C2)c(Cl)c1. The van der Waals surface area contributed by atoms with Crippen LogP contribution in [0.5, 0.6) is 0 Å². The first-order chi connectivity index (χ1) is 17.5. The summed E-state index contributed by atoms with van der Waals surface area (Å²) >= 11 is 6.27. The second kappa shape index (κ2) is 9.49. The Morgan fingerprint density at radius 1 is 1.19 bits per heavy atom. The molecule has 0 aliphatic heterocycles. The number of halogens is 4. The lowest BCUT2D eigenvalue weighted by molar-refractivity contribution is -0.141. The number of imidazole rings is 1. The fourth-order valence-corrected chi connectivity index (χ4v) is 4.77. The minimum absolute atomic E-state index is 0.00856. The molecule has 0 unspecified atom stereocenters. The molecule has 2 saturated carbocycles. The largest absolute Gasteiger partial charge is 0.435 e. The van der Waals surface area contributed by atoms with Crippen molar-refractivity contribution in [3.63, 3.8) is 0 Å². The van der Waals surface area contributed by atoms with Gasteiger partial charge in [0, 0.05) is 31.0 Å². The highest BCUT2D eigenvalue weighted by Crippen LogP contribution is 2.39. The summed E-state index contributed by atoms with van der Waals surface area (Å²) in [5.41, 5.74) is 5.26. The standard InChI is InChI=1S/C24H25ClF3N7O2/c1-34-19(17-11-35(15-3-2-4-15)33-20(17)24(26,27)28)10-30-21(34)23(37)31-13-5-6-16(18(25)9-13)22(36)32-14-7-12(29)8-14/h5-6,9-12,14-15H,2-4,7-8,29H2,1H3,(H,31,37)(H,32,36)/t12-,14+. The van der Waals surface area contributed by atoms with Crippen molar-refractivity contribution in [3.8, 4) is 11.3 Å².